The van der Waals surface area contributed by atoms with E-state index in [1.54, 1.807) is 54.6 Å². The van der Waals surface area contributed by atoms with Crippen LogP contribution in [0.4, 0.5) is 5.69 Å². The zero-order valence-corrected chi connectivity index (χ0v) is 16.7. The molecule has 8 nitrogen and oxygen atoms in total. The second-order valence-corrected chi connectivity index (χ2v) is 6.90. The molecule has 1 amide bonds. The number of ketones is 2. The highest BCUT2D eigenvalue weighted by Gasteiger charge is 2.48. The van der Waals surface area contributed by atoms with E-state index in [-0.39, 0.29) is 5.57 Å². The molecule has 31 heavy (non-hydrogen) atoms. The molecule has 1 aliphatic heterocycles. The number of anilines is 1. The average Bonchev–Trinajstić information content (AvgIpc) is 3.41. The van der Waals surface area contributed by atoms with Crippen molar-refractivity contribution in [1.29, 1.82) is 0 Å². The summed E-state index contributed by atoms with van der Waals surface area (Å²) in [4.78, 5) is 39.0. The Bertz CT molecular complexity index is 1200. The largest absolute Gasteiger partial charge is 0.504 e. The van der Waals surface area contributed by atoms with Gasteiger partial charge in [-0.15, -0.1) is 0 Å². The van der Waals surface area contributed by atoms with Crippen LogP contribution in [-0.2, 0) is 14.4 Å². The molecular weight excluding hydrogens is 400 g/mol. The van der Waals surface area contributed by atoms with Crippen molar-refractivity contribution in [1.82, 2.24) is 5.16 Å². The third-order valence-electron chi connectivity index (χ3n) is 5.09. The molecule has 0 spiro atoms. The maximum absolute atomic E-state index is 13.0. The zero-order valence-electron chi connectivity index (χ0n) is 16.7. The molecule has 4 rings (SSSR count). The van der Waals surface area contributed by atoms with E-state index in [2.05, 4.69) is 5.16 Å². The minimum absolute atomic E-state index is 0.275. The molecule has 1 N–H and O–H groups in total. The van der Waals surface area contributed by atoms with Gasteiger partial charge in [-0.2, -0.15) is 0 Å². The van der Waals surface area contributed by atoms with E-state index in [9.17, 15) is 19.5 Å². The average molecular weight is 418 g/mol. The van der Waals surface area contributed by atoms with Crippen molar-refractivity contribution in [3.63, 3.8) is 0 Å². The lowest BCUT2D eigenvalue weighted by atomic mass is 9.95. The van der Waals surface area contributed by atoms with Crippen molar-refractivity contribution in [3.05, 3.63) is 77.8 Å². The molecule has 1 aliphatic rings. The van der Waals surface area contributed by atoms with Gasteiger partial charge in [-0.1, -0.05) is 35.5 Å². The first-order chi connectivity index (χ1) is 14.9. The van der Waals surface area contributed by atoms with Crippen LogP contribution in [-0.4, -0.2) is 34.8 Å². The van der Waals surface area contributed by atoms with E-state index >= 15 is 0 Å². The zero-order chi connectivity index (χ0) is 22.1. The summed E-state index contributed by atoms with van der Waals surface area (Å²) in [6, 6.07) is 14.3. The lowest BCUT2D eigenvalue weighted by Gasteiger charge is -2.26. The van der Waals surface area contributed by atoms with E-state index in [1.807, 2.05) is 0 Å². The van der Waals surface area contributed by atoms with Gasteiger partial charge in [-0.05, 0) is 18.2 Å². The van der Waals surface area contributed by atoms with Crippen molar-refractivity contribution >= 4 is 23.2 Å². The number of rotatable bonds is 5. The lowest BCUT2D eigenvalue weighted by Crippen LogP contribution is -2.29. The standard InChI is InChI=1S/C23H18N2O6/c1-13(26)21(27)19-20(16-5-3-4-6-18(16)30-2)25(23(29)22(19)28)15-9-7-14(8-10-15)17-11-12-31-24-17/h3-12,20,27H,1-2H3. The Morgan fingerprint density at radius 1 is 1.10 bits per heavy atom. The van der Waals surface area contributed by atoms with Crippen LogP contribution in [0.1, 0.15) is 18.5 Å². The minimum atomic E-state index is -1.03. The predicted octanol–water partition coefficient (Wildman–Crippen LogP) is 3.41. The molecule has 1 fully saturated rings. The van der Waals surface area contributed by atoms with E-state index in [0.29, 0.717) is 22.7 Å². The fourth-order valence-electron chi connectivity index (χ4n) is 3.63. The van der Waals surface area contributed by atoms with Gasteiger partial charge >= 0.3 is 0 Å². The maximum Gasteiger partial charge on any atom is 0.300 e. The fraction of sp³-hybridized carbons (Fsp3) is 0.130. The highest BCUT2D eigenvalue weighted by atomic mass is 16.5. The third-order valence-corrected chi connectivity index (χ3v) is 5.09. The molecule has 3 aromatic rings. The molecule has 0 radical (unpaired) electrons. The number of aliphatic hydroxyl groups is 1. The first kappa shape index (κ1) is 20.1. The van der Waals surface area contributed by atoms with Crippen LogP contribution in [0.3, 0.4) is 0 Å². The van der Waals surface area contributed by atoms with Crippen LogP contribution in [0.2, 0.25) is 0 Å². The molecule has 156 valence electrons. The van der Waals surface area contributed by atoms with Crippen LogP contribution in [0.15, 0.2) is 76.7 Å². The van der Waals surface area contributed by atoms with Crippen LogP contribution >= 0.6 is 0 Å². The van der Waals surface area contributed by atoms with E-state index < -0.39 is 29.3 Å². The molecule has 1 atom stereocenters. The number of ether oxygens (including phenoxy) is 1. The third kappa shape index (κ3) is 3.38. The van der Waals surface area contributed by atoms with E-state index in [1.165, 1.54) is 18.3 Å². The number of para-hydroxylation sites is 1. The monoisotopic (exact) mass is 418 g/mol. The Morgan fingerprint density at radius 2 is 1.81 bits per heavy atom. The number of allylic oxidation sites excluding steroid dienone is 1. The number of amides is 1. The number of aliphatic hydroxyl groups excluding tert-OH is 1. The quantitative estimate of drug-likeness (QED) is 0.384. The van der Waals surface area contributed by atoms with Gasteiger partial charge in [0, 0.05) is 29.8 Å². The molecule has 8 heteroatoms. The molecule has 2 heterocycles. The van der Waals surface area contributed by atoms with Crippen molar-refractivity contribution in [2.45, 2.75) is 13.0 Å². The second-order valence-electron chi connectivity index (χ2n) is 6.90. The summed E-state index contributed by atoms with van der Waals surface area (Å²) in [5.41, 5.74) is 1.97. The van der Waals surface area contributed by atoms with Gasteiger partial charge in [0.15, 0.2) is 11.5 Å². The summed E-state index contributed by atoms with van der Waals surface area (Å²) in [5, 5.41) is 14.3. The molecule has 0 saturated carbocycles. The number of carbonyl (C=O) groups excluding carboxylic acids is 3. The van der Waals surface area contributed by atoms with Gasteiger partial charge in [0.1, 0.15) is 17.7 Å². The number of nitrogens with zero attached hydrogens (tertiary/aromatic N) is 2. The van der Waals surface area contributed by atoms with E-state index in [4.69, 9.17) is 9.26 Å². The number of carbonyl (C=O) groups is 3. The molecule has 1 saturated heterocycles. The number of hydrogen-bond donors (Lipinski definition) is 1. The highest BCUT2D eigenvalue weighted by Crippen LogP contribution is 2.43. The molecular formula is C23H18N2O6. The fourth-order valence-corrected chi connectivity index (χ4v) is 3.63. The summed E-state index contributed by atoms with van der Waals surface area (Å²) in [6.45, 7) is 1.13. The van der Waals surface area contributed by atoms with Crippen LogP contribution in [0.5, 0.6) is 5.75 Å². The number of Topliss-reactive ketones (excluding diaryl/α,β-unsaturated/α-hetero) is 2. The van der Waals surface area contributed by atoms with Gasteiger partial charge in [0.05, 0.1) is 18.7 Å². The van der Waals surface area contributed by atoms with Crippen molar-refractivity contribution in [3.8, 4) is 17.0 Å². The van der Waals surface area contributed by atoms with Gasteiger partial charge in [0.25, 0.3) is 11.7 Å². The molecule has 2 aromatic carbocycles. The summed E-state index contributed by atoms with van der Waals surface area (Å²) in [5.74, 6) is -2.83. The van der Waals surface area contributed by atoms with E-state index in [0.717, 1.165) is 12.5 Å². The maximum atomic E-state index is 13.0. The van der Waals surface area contributed by atoms with Crippen molar-refractivity contribution in [2.24, 2.45) is 0 Å². The first-order valence-corrected chi connectivity index (χ1v) is 9.39. The summed E-state index contributed by atoms with van der Waals surface area (Å²) < 4.78 is 10.3. The van der Waals surface area contributed by atoms with Crippen LogP contribution in [0, 0.1) is 0 Å². The predicted molar refractivity (Wildman–Crippen MR) is 111 cm³/mol. The highest BCUT2D eigenvalue weighted by molar-refractivity contribution is 6.51. The number of methoxy groups -OCH3 is 1. The Kier molecular flexibility index (Phi) is 5.12. The normalized spacial score (nSPS) is 17.7. The number of aromatic nitrogens is 1. The van der Waals surface area contributed by atoms with Crippen molar-refractivity contribution < 1.29 is 28.8 Å². The van der Waals surface area contributed by atoms with Crippen LogP contribution < -0.4 is 9.64 Å². The number of hydrogen-bond acceptors (Lipinski definition) is 7. The number of benzene rings is 2. The molecule has 0 bridgehead atoms. The molecule has 0 aliphatic carbocycles. The summed E-state index contributed by atoms with van der Waals surface area (Å²) in [7, 11) is 1.46. The first-order valence-electron chi connectivity index (χ1n) is 9.39. The molecule has 1 unspecified atom stereocenters. The van der Waals surface area contributed by atoms with Gasteiger partial charge in [-0.3, -0.25) is 19.3 Å². The van der Waals surface area contributed by atoms with Gasteiger partial charge in [-0.25, -0.2) is 0 Å². The molecule has 1 aromatic heterocycles. The Balaban J connectivity index is 1.89. The Hall–Kier alpha value is -4.20. The SMILES string of the molecule is COc1ccccc1C1C(=C(O)C(C)=O)C(=O)C(=O)N1c1ccc(-c2ccon2)cc1. The Labute approximate surface area is 177 Å². The minimum Gasteiger partial charge on any atom is -0.504 e. The van der Waals surface area contributed by atoms with Gasteiger partial charge < -0.3 is 14.4 Å². The van der Waals surface area contributed by atoms with Crippen LogP contribution in [0.25, 0.3) is 11.3 Å². The lowest BCUT2D eigenvalue weighted by molar-refractivity contribution is -0.132. The smallest absolute Gasteiger partial charge is 0.300 e. The summed E-state index contributed by atoms with van der Waals surface area (Å²) in [6.07, 6.45) is 1.45. The van der Waals surface area contributed by atoms with Crippen molar-refractivity contribution in [2.75, 3.05) is 12.0 Å². The summed E-state index contributed by atoms with van der Waals surface area (Å²) >= 11 is 0. The second kappa shape index (κ2) is 7.91. The topological polar surface area (TPSA) is 110 Å². The Morgan fingerprint density at radius 3 is 2.42 bits per heavy atom. The van der Waals surface area contributed by atoms with Gasteiger partial charge in [0.2, 0.25) is 0 Å².